The second-order valence-electron chi connectivity index (χ2n) is 5.01. The molecule has 0 spiro atoms. The van der Waals surface area contributed by atoms with Gasteiger partial charge in [-0.1, -0.05) is 6.07 Å². The number of phenols is 1. The summed E-state index contributed by atoms with van der Waals surface area (Å²) in [7, 11) is 0. The number of aromatic hydroxyl groups is 1. The number of morpholine rings is 1. The van der Waals surface area contributed by atoms with Crippen molar-refractivity contribution in [1.82, 2.24) is 4.90 Å². The normalized spacial score (nSPS) is 27.6. The molecule has 1 aromatic rings. The molecular formula is C14H18FNO2. The number of halogens is 1. The molecule has 3 nitrogen and oxygen atoms in total. The molecule has 98 valence electrons. The van der Waals surface area contributed by atoms with Crippen LogP contribution in [0.4, 0.5) is 4.39 Å². The van der Waals surface area contributed by atoms with Crippen LogP contribution in [0.1, 0.15) is 23.7 Å². The van der Waals surface area contributed by atoms with Gasteiger partial charge in [-0.15, -0.1) is 0 Å². The fraction of sp³-hybridized carbons (Fsp3) is 0.571. The summed E-state index contributed by atoms with van der Waals surface area (Å²) in [5.41, 5.74) is 2.32. The molecule has 4 heteroatoms. The summed E-state index contributed by atoms with van der Waals surface area (Å²) in [6, 6.07) is 5.74. The Morgan fingerprint density at radius 3 is 3.17 bits per heavy atom. The minimum atomic E-state index is -0.309. The molecule has 0 amide bonds. The van der Waals surface area contributed by atoms with E-state index in [1.807, 2.05) is 6.07 Å². The summed E-state index contributed by atoms with van der Waals surface area (Å²) in [6.45, 7) is 1.62. The van der Waals surface area contributed by atoms with Gasteiger partial charge in [0.1, 0.15) is 12.4 Å². The molecule has 0 unspecified atom stereocenters. The number of fused-ring (bicyclic) bond motifs is 3. The number of rotatable bonds is 2. The molecule has 2 aliphatic rings. The summed E-state index contributed by atoms with van der Waals surface area (Å²) in [6.07, 6.45) is 1.96. The number of hydrogen-bond donors (Lipinski definition) is 1. The van der Waals surface area contributed by atoms with Gasteiger partial charge >= 0.3 is 0 Å². The van der Waals surface area contributed by atoms with E-state index < -0.39 is 0 Å². The number of ether oxygens (including phenoxy) is 1. The Labute approximate surface area is 106 Å². The van der Waals surface area contributed by atoms with Gasteiger partial charge < -0.3 is 9.84 Å². The fourth-order valence-electron chi connectivity index (χ4n) is 3.16. The van der Waals surface area contributed by atoms with Crippen molar-refractivity contribution in [2.75, 3.05) is 26.4 Å². The third-order valence-electron chi connectivity index (χ3n) is 4.01. The van der Waals surface area contributed by atoms with Crippen LogP contribution in [-0.4, -0.2) is 42.4 Å². The van der Waals surface area contributed by atoms with Crippen LogP contribution in [-0.2, 0) is 11.2 Å². The number of phenolic OH excluding ortho intramolecular Hbond substituents is 1. The highest BCUT2D eigenvalue weighted by atomic mass is 19.1. The third kappa shape index (κ3) is 1.99. The molecule has 3 rings (SSSR count). The molecule has 2 atom stereocenters. The largest absolute Gasteiger partial charge is 0.508 e. The molecule has 18 heavy (non-hydrogen) atoms. The van der Waals surface area contributed by atoms with Gasteiger partial charge in [0.15, 0.2) is 0 Å². The molecule has 1 aromatic carbocycles. The smallest absolute Gasteiger partial charge is 0.115 e. The average Bonchev–Trinajstić information content (AvgIpc) is 2.39. The lowest BCUT2D eigenvalue weighted by molar-refractivity contribution is -0.0814. The lowest BCUT2D eigenvalue weighted by Crippen LogP contribution is -2.49. The lowest BCUT2D eigenvalue weighted by atomic mass is 9.84. The van der Waals surface area contributed by atoms with Gasteiger partial charge in [-0.3, -0.25) is 4.90 Å². The van der Waals surface area contributed by atoms with Crippen LogP contribution < -0.4 is 0 Å². The monoisotopic (exact) mass is 251 g/mol. The first-order chi connectivity index (χ1) is 8.79. The molecule has 1 aliphatic heterocycles. The first kappa shape index (κ1) is 11.9. The quantitative estimate of drug-likeness (QED) is 0.873. The van der Waals surface area contributed by atoms with E-state index >= 15 is 0 Å². The van der Waals surface area contributed by atoms with Gasteiger partial charge in [0.25, 0.3) is 0 Å². The highest BCUT2D eigenvalue weighted by Gasteiger charge is 2.37. The van der Waals surface area contributed by atoms with Crippen LogP contribution >= 0.6 is 0 Å². The molecule has 0 bridgehead atoms. The van der Waals surface area contributed by atoms with Gasteiger partial charge in [-0.05, 0) is 36.1 Å². The summed E-state index contributed by atoms with van der Waals surface area (Å²) in [4.78, 5) is 2.18. The van der Waals surface area contributed by atoms with Gasteiger partial charge in [-0.2, -0.15) is 0 Å². The zero-order valence-corrected chi connectivity index (χ0v) is 10.3. The summed E-state index contributed by atoms with van der Waals surface area (Å²) >= 11 is 0. The third-order valence-corrected chi connectivity index (χ3v) is 4.01. The van der Waals surface area contributed by atoms with Crippen LogP contribution in [0.2, 0.25) is 0 Å². The predicted molar refractivity (Wildman–Crippen MR) is 66.5 cm³/mol. The van der Waals surface area contributed by atoms with Crippen molar-refractivity contribution in [2.24, 2.45) is 0 Å². The van der Waals surface area contributed by atoms with E-state index in [4.69, 9.17) is 4.74 Å². The number of aryl methyl sites for hydroxylation is 1. The van der Waals surface area contributed by atoms with E-state index in [1.165, 1.54) is 5.56 Å². The van der Waals surface area contributed by atoms with Crippen molar-refractivity contribution in [3.8, 4) is 5.75 Å². The fourth-order valence-corrected chi connectivity index (χ4v) is 3.16. The van der Waals surface area contributed by atoms with Crippen LogP contribution in [0.3, 0.4) is 0 Å². The molecule has 1 heterocycles. The second kappa shape index (κ2) is 4.86. The maximum atomic E-state index is 12.6. The first-order valence-corrected chi connectivity index (χ1v) is 6.53. The molecule has 1 aliphatic carbocycles. The van der Waals surface area contributed by atoms with Crippen molar-refractivity contribution in [3.63, 3.8) is 0 Å². The highest BCUT2D eigenvalue weighted by Crippen LogP contribution is 2.39. The van der Waals surface area contributed by atoms with E-state index in [1.54, 1.807) is 12.1 Å². The minimum absolute atomic E-state index is 0.0128. The topological polar surface area (TPSA) is 32.7 Å². The summed E-state index contributed by atoms with van der Waals surface area (Å²) < 4.78 is 18.4. The van der Waals surface area contributed by atoms with Crippen molar-refractivity contribution < 1.29 is 14.2 Å². The standard InChI is InChI=1S/C14H18FNO2/c15-5-6-16-7-8-18-14-12-9-11(17)3-1-10(12)2-4-13(14)16/h1,3,9,13-14,17H,2,4-8H2/t13-,14-/m1/s1. The van der Waals surface area contributed by atoms with Crippen LogP contribution in [0.25, 0.3) is 0 Å². The average molecular weight is 251 g/mol. The molecular weight excluding hydrogens is 233 g/mol. The zero-order chi connectivity index (χ0) is 12.5. The Kier molecular flexibility index (Phi) is 3.22. The predicted octanol–water partition coefficient (Wildman–Crippen LogP) is 2.05. The van der Waals surface area contributed by atoms with E-state index in [-0.39, 0.29) is 24.6 Å². The Morgan fingerprint density at radius 2 is 2.33 bits per heavy atom. The molecule has 0 saturated carbocycles. The molecule has 1 saturated heterocycles. The zero-order valence-electron chi connectivity index (χ0n) is 10.3. The van der Waals surface area contributed by atoms with Crippen LogP contribution in [0, 0.1) is 0 Å². The van der Waals surface area contributed by atoms with Gasteiger partial charge in [0.2, 0.25) is 0 Å². The molecule has 0 radical (unpaired) electrons. The Morgan fingerprint density at radius 1 is 1.44 bits per heavy atom. The highest BCUT2D eigenvalue weighted by molar-refractivity contribution is 5.39. The number of benzene rings is 1. The number of hydrogen-bond acceptors (Lipinski definition) is 3. The van der Waals surface area contributed by atoms with Crippen LogP contribution in [0.15, 0.2) is 18.2 Å². The van der Waals surface area contributed by atoms with Crippen molar-refractivity contribution in [2.45, 2.75) is 25.0 Å². The van der Waals surface area contributed by atoms with E-state index in [2.05, 4.69) is 4.90 Å². The van der Waals surface area contributed by atoms with E-state index in [0.717, 1.165) is 24.9 Å². The summed E-state index contributed by atoms with van der Waals surface area (Å²) in [5.74, 6) is 0.278. The van der Waals surface area contributed by atoms with Gasteiger partial charge in [0, 0.05) is 19.1 Å². The lowest BCUT2D eigenvalue weighted by Gasteiger charge is -2.44. The number of alkyl halides is 1. The Bertz CT molecular complexity index is 436. The van der Waals surface area contributed by atoms with Crippen molar-refractivity contribution >= 4 is 0 Å². The van der Waals surface area contributed by atoms with Gasteiger partial charge in [0.05, 0.1) is 12.7 Å². The summed E-state index contributed by atoms with van der Waals surface area (Å²) in [5, 5.41) is 9.62. The molecule has 0 aromatic heterocycles. The maximum Gasteiger partial charge on any atom is 0.115 e. The SMILES string of the molecule is Oc1ccc2c(c1)[C@H]1OCCN(CCF)[C@@H]1CC2. The van der Waals surface area contributed by atoms with Gasteiger partial charge in [-0.25, -0.2) is 4.39 Å². The Hall–Kier alpha value is -1.13. The van der Waals surface area contributed by atoms with Crippen molar-refractivity contribution in [3.05, 3.63) is 29.3 Å². The Balaban J connectivity index is 1.91. The first-order valence-electron chi connectivity index (χ1n) is 6.53. The maximum absolute atomic E-state index is 12.6. The molecule has 1 fully saturated rings. The second-order valence-corrected chi connectivity index (χ2v) is 5.01. The van der Waals surface area contributed by atoms with E-state index in [0.29, 0.717) is 13.2 Å². The van der Waals surface area contributed by atoms with E-state index in [9.17, 15) is 9.50 Å². The molecule has 1 N–H and O–H groups in total. The van der Waals surface area contributed by atoms with Crippen molar-refractivity contribution in [1.29, 1.82) is 0 Å². The van der Waals surface area contributed by atoms with Crippen LogP contribution in [0.5, 0.6) is 5.75 Å². The number of nitrogens with zero attached hydrogens (tertiary/aromatic N) is 1. The minimum Gasteiger partial charge on any atom is -0.508 e.